The lowest BCUT2D eigenvalue weighted by Crippen LogP contribution is -2.19. The first-order valence-corrected chi connectivity index (χ1v) is 8.50. The molecule has 1 fully saturated rings. The number of benzene rings is 1. The van der Waals surface area contributed by atoms with Crippen LogP contribution in [0.15, 0.2) is 23.1 Å². The number of hydrogen-bond donors (Lipinski definition) is 2. The van der Waals surface area contributed by atoms with E-state index in [-0.39, 0.29) is 10.9 Å². The van der Waals surface area contributed by atoms with Gasteiger partial charge in [0.1, 0.15) is 5.82 Å². The molecular formula is C14H21FN2O2S. The van der Waals surface area contributed by atoms with Gasteiger partial charge in [-0.25, -0.2) is 17.9 Å². The fraction of sp³-hybridized carbons (Fsp3) is 0.571. The molecule has 20 heavy (non-hydrogen) atoms. The standard InChI is InChI=1S/C14H21FN2O2S/c1-10-3-2-4-11(6-5-10)17-14-8-7-12(9-13(14)15)20(16,18)19/h7-11,17H,2-6H2,1H3,(H2,16,18,19). The van der Waals surface area contributed by atoms with Crippen LogP contribution in [0.5, 0.6) is 0 Å². The van der Waals surface area contributed by atoms with Crippen molar-refractivity contribution in [2.45, 2.75) is 50.0 Å². The molecule has 0 aliphatic heterocycles. The maximum absolute atomic E-state index is 13.9. The third kappa shape index (κ3) is 3.93. The normalized spacial score (nSPS) is 24.1. The number of rotatable bonds is 3. The summed E-state index contributed by atoms with van der Waals surface area (Å²) < 4.78 is 36.2. The van der Waals surface area contributed by atoms with Crippen LogP contribution in [0.4, 0.5) is 10.1 Å². The molecule has 6 heteroatoms. The van der Waals surface area contributed by atoms with E-state index in [2.05, 4.69) is 12.2 Å². The lowest BCUT2D eigenvalue weighted by molar-refractivity contribution is 0.501. The Morgan fingerprint density at radius 3 is 2.65 bits per heavy atom. The van der Waals surface area contributed by atoms with E-state index < -0.39 is 15.8 Å². The summed E-state index contributed by atoms with van der Waals surface area (Å²) >= 11 is 0. The van der Waals surface area contributed by atoms with Crippen molar-refractivity contribution < 1.29 is 12.8 Å². The molecule has 0 heterocycles. The van der Waals surface area contributed by atoms with Gasteiger partial charge in [-0.15, -0.1) is 0 Å². The van der Waals surface area contributed by atoms with Crippen LogP contribution in [0.1, 0.15) is 39.0 Å². The number of primary sulfonamides is 1. The second-order valence-electron chi connectivity index (χ2n) is 5.64. The summed E-state index contributed by atoms with van der Waals surface area (Å²) in [5.74, 6) is 0.144. The smallest absolute Gasteiger partial charge is 0.238 e. The zero-order chi connectivity index (χ0) is 14.8. The molecule has 1 aliphatic rings. The SMILES string of the molecule is CC1CCCC(Nc2ccc(S(N)(=O)=O)cc2F)CC1. The third-order valence-electron chi connectivity index (χ3n) is 3.89. The van der Waals surface area contributed by atoms with Crippen molar-refractivity contribution in [1.29, 1.82) is 0 Å². The summed E-state index contributed by atoms with van der Waals surface area (Å²) in [5.41, 5.74) is 0.344. The van der Waals surface area contributed by atoms with E-state index in [9.17, 15) is 12.8 Å². The Hall–Kier alpha value is -1.14. The summed E-state index contributed by atoms with van der Waals surface area (Å²) in [6.45, 7) is 2.24. The zero-order valence-corrected chi connectivity index (χ0v) is 12.4. The summed E-state index contributed by atoms with van der Waals surface area (Å²) in [5, 5.41) is 8.16. The molecule has 3 N–H and O–H groups in total. The second-order valence-corrected chi connectivity index (χ2v) is 7.20. The molecule has 0 amide bonds. The van der Waals surface area contributed by atoms with E-state index in [0.717, 1.165) is 37.7 Å². The molecule has 0 aromatic heterocycles. The molecule has 2 rings (SSSR count). The first-order valence-electron chi connectivity index (χ1n) is 6.95. The van der Waals surface area contributed by atoms with Crippen molar-refractivity contribution in [2.24, 2.45) is 11.1 Å². The monoisotopic (exact) mass is 300 g/mol. The van der Waals surface area contributed by atoms with Gasteiger partial charge in [-0.1, -0.05) is 19.8 Å². The van der Waals surface area contributed by atoms with Gasteiger partial charge < -0.3 is 5.32 Å². The number of nitrogens with two attached hydrogens (primary N) is 1. The van der Waals surface area contributed by atoms with Gasteiger partial charge in [0.05, 0.1) is 10.6 Å². The van der Waals surface area contributed by atoms with Crippen LogP contribution in [0.2, 0.25) is 0 Å². The van der Waals surface area contributed by atoms with Crippen LogP contribution >= 0.6 is 0 Å². The van der Waals surface area contributed by atoms with Crippen LogP contribution in [0.25, 0.3) is 0 Å². The van der Waals surface area contributed by atoms with Gasteiger partial charge in [-0.2, -0.15) is 0 Å². The Morgan fingerprint density at radius 2 is 2.00 bits per heavy atom. The maximum atomic E-state index is 13.9. The van der Waals surface area contributed by atoms with E-state index in [4.69, 9.17) is 5.14 Å². The van der Waals surface area contributed by atoms with E-state index in [1.807, 2.05) is 0 Å². The van der Waals surface area contributed by atoms with Gasteiger partial charge in [-0.05, 0) is 43.4 Å². The van der Waals surface area contributed by atoms with Crippen molar-refractivity contribution in [1.82, 2.24) is 0 Å². The maximum Gasteiger partial charge on any atom is 0.238 e. The quantitative estimate of drug-likeness (QED) is 0.843. The van der Waals surface area contributed by atoms with Gasteiger partial charge in [0, 0.05) is 6.04 Å². The molecule has 4 nitrogen and oxygen atoms in total. The number of hydrogen-bond acceptors (Lipinski definition) is 3. The Morgan fingerprint density at radius 1 is 1.25 bits per heavy atom. The molecule has 1 aromatic rings. The van der Waals surface area contributed by atoms with Gasteiger partial charge in [-0.3, -0.25) is 0 Å². The number of anilines is 1. The predicted molar refractivity (Wildman–Crippen MR) is 77.4 cm³/mol. The highest BCUT2D eigenvalue weighted by Crippen LogP contribution is 2.26. The van der Waals surface area contributed by atoms with E-state index in [1.165, 1.54) is 18.6 Å². The van der Waals surface area contributed by atoms with Crippen LogP contribution < -0.4 is 10.5 Å². The van der Waals surface area contributed by atoms with Crippen LogP contribution in [-0.4, -0.2) is 14.5 Å². The van der Waals surface area contributed by atoms with Gasteiger partial charge >= 0.3 is 0 Å². The van der Waals surface area contributed by atoms with Gasteiger partial charge in [0.15, 0.2) is 0 Å². The average molecular weight is 300 g/mol. The van der Waals surface area contributed by atoms with Crippen molar-refractivity contribution in [3.8, 4) is 0 Å². The molecule has 0 saturated heterocycles. The van der Waals surface area contributed by atoms with Gasteiger partial charge in [0.2, 0.25) is 10.0 Å². The van der Waals surface area contributed by atoms with Crippen molar-refractivity contribution in [2.75, 3.05) is 5.32 Å². The first kappa shape index (κ1) is 15.3. The molecule has 1 saturated carbocycles. The minimum absolute atomic E-state index is 0.199. The summed E-state index contributed by atoms with van der Waals surface area (Å²) in [4.78, 5) is -0.199. The molecule has 0 radical (unpaired) electrons. The first-order chi connectivity index (χ1) is 9.36. The topological polar surface area (TPSA) is 72.2 Å². The highest BCUT2D eigenvalue weighted by Gasteiger charge is 2.18. The fourth-order valence-corrected chi connectivity index (χ4v) is 3.17. The predicted octanol–water partition coefficient (Wildman–Crippen LogP) is 2.85. The Kier molecular flexibility index (Phi) is 4.65. The summed E-state index contributed by atoms with van der Waals surface area (Å²) in [7, 11) is -3.86. The van der Waals surface area contributed by atoms with Crippen molar-refractivity contribution in [3.05, 3.63) is 24.0 Å². The third-order valence-corrected chi connectivity index (χ3v) is 4.80. The molecule has 2 unspecified atom stereocenters. The van der Waals surface area contributed by atoms with E-state index in [0.29, 0.717) is 5.69 Å². The summed E-state index contributed by atoms with van der Waals surface area (Å²) in [6.07, 6.45) is 5.51. The zero-order valence-electron chi connectivity index (χ0n) is 11.6. The minimum atomic E-state index is -3.86. The van der Waals surface area contributed by atoms with E-state index >= 15 is 0 Å². The highest BCUT2D eigenvalue weighted by molar-refractivity contribution is 7.89. The number of sulfonamides is 1. The second kappa shape index (κ2) is 6.10. The van der Waals surface area contributed by atoms with Crippen LogP contribution in [-0.2, 0) is 10.0 Å². The largest absolute Gasteiger partial charge is 0.380 e. The molecule has 112 valence electrons. The Balaban J connectivity index is 2.10. The molecule has 0 spiro atoms. The fourth-order valence-electron chi connectivity index (χ4n) is 2.64. The average Bonchev–Trinajstić information content (AvgIpc) is 2.56. The van der Waals surface area contributed by atoms with Gasteiger partial charge in [0.25, 0.3) is 0 Å². The Bertz CT molecular complexity index is 575. The van der Waals surface area contributed by atoms with Crippen LogP contribution in [0.3, 0.4) is 0 Å². The van der Waals surface area contributed by atoms with Crippen molar-refractivity contribution >= 4 is 15.7 Å². The Labute approximate surface area is 119 Å². The molecule has 2 atom stereocenters. The van der Waals surface area contributed by atoms with Crippen molar-refractivity contribution in [3.63, 3.8) is 0 Å². The van der Waals surface area contributed by atoms with E-state index in [1.54, 1.807) is 0 Å². The molecule has 1 aliphatic carbocycles. The van der Waals surface area contributed by atoms with Crippen LogP contribution in [0, 0.1) is 11.7 Å². The molecule has 1 aromatic carbocycles. The highest BCUT2D eigenvalue weighted by atomic mass is 32.2. The number of halogens is 1. The lowest BCUT2D eigenvalue weighted by atomic mass is 10.0. The molecule has 0 bridgehead atoms. The molecular weight excluding hydrogens is 279 g/mol. The summed E-state index contributed by atoms with van der Waals surface area (Å²) in [6, 6.07) is 4.00. The minimum Gasteiger partial charge on any atom is -0.380 e. The lowest BCUT2D eigenvalue weighted by Gasteiger charge is -2.18. The number of nitrogens with one attached hydrogen (secondary N) is 1.